The van der Waals surface area contributed by atoms with E-state index in [1.54, 1.807) is 0 Å². The molecule has 0 aliphatic carbocycles. The minimum atomic E-state index is -5.00. The van der Waals surface area contributed by atoms with Crippen LogP contribution in [0.15, 0.2) is 18.2 Å². The summed E-state index contributed by atoms with van der Waals surface area (Å²) in [5.41, 5.74) is -3.12. The largest absolute Gasteiger partial charge is 0.425 e. The zero-order valence-electron chi connectivity index (χ0n) is 9.93. The first kappa shape index (κ1) is 16.3. The third-order valence-electron chi connectivity index (χ3n) is 2.06. The Bertz CT molecular complexity index is 460. The van der Waals surface area contributed by atoms with E-state index < -0.39 is 41.8 Å². The van der Waals surface area contributed by atoms with E-state index in [-0.39, 0.29) is 6.07 Å². The van der Waals surface area contributed by atoms with E-state index in [1.807, 2.05) is 0 Å². The minimum absolute atomic E-state index is 0.0618. The van der Waals surface area contributed by atoms with Crippen molar-refractivity contribution in [3.8, 4) is 5.75 Å². The summed E-state index contributed by atoms with van der Waals surface area (Å²) in [7, 11) is 1.12. The number of halogens is 6. The van der Waals surface area contributed by atoms with E-state index in [0.29, 0.717) is 12.1 Å². The maximum atomic E-state index is 12.5. The van der Waals surface area contributed by atoms with Crippen LogP contribution in [-0.2, 0) is 21.9 Å². The molecule has 0 atom stereocenters. The van der Waals surface area contributed by atoms with Gasteiger partial charge in [-0.2, -0.15) is 26.3 Å². The highest BCUT2D eigenvalue weighted by molar-refractivity contribution is 5.73. The molecule has 3 nitrogen and oxygen atoms in total. The number of ether oxygens (including phenoxy) is 2. The molecule has 0 N–H and O–H groups in total. The van der Waals surface area contributed by atoms with Gasteiger partial charge in [0, 0.05) is 7.11 Å². The molecule has 0 radical (unpaired) electrons. The van der Waals surface area contributed by atoms with Crippen molar-refractivity contribution in [2.24, 2.45) is 0 Å². The minimum Gasteiger partial charge on any atom is -0.425 e. The molecule has 9 heteroatoms. The van der Waals surface area contributed by atoms with Gasteiger partial charge in [-0.3, -0.25) is 0 Å². The van der Waals surface area contributed by atoms with Crippen LogP contribution in [0.25, 0.3) is 0 Å². The lowest BCUT2D eigenvalue weighted by Gasteiger charge is -2.14. The van der Waals surface area contributed by atoms with E-state index in [9.17, 15) is 31.1 Å². The molecule has 20 heavy (non-hydrogen) atoms. The average molecular weight is 302 g/mol. The van der Waals surface area contributed by atoms with E-state index in [4.69, 9.17) is 0 Å². The number of hydrogen-bond donors (Lipinski definition) is 0. The van der Waals surface area contributed by atoms with Gasteiger partial charge in [-0.05, 0) is 18.2 Å². The highest BCUT2D eigenvalue weighted by Crippen LogP contribution is 2.38. The quantitative estimate of drug-likeness (QED) is 0.488. The zero-order valence-corrected chi connectivity index (χ0v) is 9.93. The summed E-state index contributed by atoms with van der Waals surface area (Å²) >= 11 is 0. The molecule has 0 saturated carbocycles. The van der Waals surface area contributed by atoms with E-state index in [1.165, 1.54) is 0 Å². The van der Waals surface area contributed by atoms with Gasteiger partial charge >= 0.3 is 18.3 Å². The molecule has 1 aromatic carbocycles. The average Bonchev–Trinajstić information content (AvgIpc) is 2.26. The summed E-state index contributed by atoms with van der Waals surface area (Å²) in [5, 5.41) is 0. The van der Waals surface area contributed by atoms with Gasteiger partial charge in [-0.25, -0.2) is 4.79 Å². The third kappa shape index (κ3) is 4.41. The Kier molecular flexibility index (Phi) is 4.64. The normalized spacial score (nSPS) is 12.3. The van der Waals surface area contributed by atoms with Crippen LogP contribution < -0.4 is 4.74 Å². The fourth-order valence-electron chi connectivity index (χ4n) is 1.26. The van der Waals surface area contributed by atoms with Crippen molar-refractivity contribution in [1.82, 2.24) is 0 Å². The van der Waals surface area contributed by atoms with Crippen LogP contribution in [0.2, 0.25) is 0 Å². The number of carbonyl (C=O) groups excluding carboxylic acids is 1. The maximum absolute atomic E-state index is 12.5. The second-order valence-electron chi connectivity index (χ2n) is 3.65. The lowest BCUT2D eigenvalue weighted by molar-refractivity contribution is -0.145. The molecule has 0 fully saturated rings. The lowest BCUT2D eigenvalue weighted by atomic mass is 10.1. The summed E-state index contributed by atoms with van der Waals surface area (Å²) < 4.78 is 83.6. The number of methoxy groups -OCH3 is 1. The van der Waals surface area contributed by atoms with E-state index >= 15 is 0 Å². The number of rotatable bonds is 3. The highest BCUT2D eigenvalue weighted by Gasteiger charge is 2.37. The molecule has 0 amide bonds. The number of hydrogen-bond acceptors (Lipinski definition) is 3. The molecule has 1 aromatic rings. The molecule has 0 bridgehead atoms. The van der Waals surface area contributed by atoms with Crippen LogP contribution in [0.5, 0.6) is 5.75 Å². The Hall–Kier alpha value is -1.77. The Morgan fingerprint density at radius 1 is 1.00 bits per heavy atom. The highest BCUT2D eigenvalue weighted by atomic mass is 19.4. The fourth-order valence-corrected chi connectivity index (χ4v) is 1.26. The van der Waals surface area contributed by atoms with Crippen LogP contribution >= 0.6 is 0 Å². The van der Waals surface area contributed by atoms with Crippen molar-refractivity contribution in [2.45, 2.75) is 12.4 Å². The van der Waals surface area contributed by atoms with Crippen LogP contribution in [0.1, 0.15) is 11.1 Å². The predicted molar refractivity (Wildman–Crippen MR) is 54.0 cm³/mol. The first-order valence-electron chi connectivity index (χ1n) is 5.03. The van der Waals surface area contributed by atoms with Crippen molar-refractivity contribution >= 4 is 5.97 Å². The second kappa shape index (κ2) is 5.70. The molecule has 0 aliphatic rings. The van der Waals surface area contributed by atoms with Crippen molar-refractivity contribution < 1.29 is 40.6 Å². The standard InChI is InChI=1S/C11H8F6O3/c1-19-5-9(18)20-8-3-6(10(12,13)14)2-7(4-8)11(15,16)17/h2-4H,5H2,1H3. The molecule has 112 valence electrons. The smallest absolute Gasteiger partial charge is 0.416 e. The number of alkyl halides is 6. The molecule has 1 rings (SSSR count). The van der Waals surface area contributed by atoms with Crippen molar-refractivity contribution in [3.63, 3.8) is 0 Å². The number of esters is 1. The zero-order chi connectivity index (χ0) is 15.6. The molecular weight excluding hydrogens is 294 g/mol. The van der Waals surface area contributed by atoms with Crippen LogP contribution in [-0.4, -0.2) is 19.7 Å². The summed E-state index contributed by atoms with van der Waals surface area (Å²) in [6.45, 7) is -0.600. The van der Waals surface area contributed by atoms with Crippen molar-refractivity contribution in [3.05, 3.63) is 29.3 Å². The van der Waals surface area contributed by atoms with E-state index in [0.717, 1.165) is 7.11 Å². The SMILES string of the molecule is COCC(=O)Oc1cc(C(F)(F)F)cc(C(F)(F)F)c1. The van der Waals surface area contributed by atoms with Gasteiger partial charge in [0.25, 0.3) is 0 Å². The molecule has 0 saturated heterocycles. The lowest BCUT2D eigenvalue weighted by Crippen LogP contribution is -2.16. The molecular formula is C11H8F6O3. The second-order valence-corrected chi connectivity index (χ2v) is 3.65. The topological polar surface area (TPSA) is 35.5 Å². The maximum Gasteiger partial charge on any atom is 0.416 e. The fraction of sp³-hybridized carbons (Fsp3) is 0.364. The molecule has 0 aliphatic heterocycles. The summed E-state index contributed by atoms with van der Waals surface area (Å²) in [5.74, 6) is -1.96. The van der Waals surface area contributed by atoms with Gasteiger partial charge < -0.3 is 9.47 Å². The first-order chi connectivity index (χ1) is 9.04. The molecule has 0 aromatic heterocycles. The first-order valence-corrected chi connectivity index (χ1v) is 5.03. The predicted octanol–water partition coefficient (Wildman–Crippen LogP) is 3.28. The van der Waals surface area contributed by atoms with Gasteiger partial charge in [0.15, 0.2) is 0 Å². The molecule has 0 heterocycles. The molecule has 0 spiro atoms. The number of benzene rings is 1. The van der Waals surface area contributed by atoms with E-state index in [2.05, 4.69) is 9.47 Å². The van der Waals surface area contributed by atoms with Gasteiger partial charge in [-0.1, -0.05) is 0 Å². The third-order valence-corrected chi connectivity index (χ3v) is 2.06. The Morgan fingerprint density at radius 2 is 1.45 bits per heavy atom. The summed E-state index contributed by atoms with van der Waals surface area (Å²) in [6, 6.07) is 0.555. The van der Waals surface area contributed by atoms with Crippen molar-refractivity contribution in [2.75, 3.05) is 13.7 Å². The van der Waals surface area contributed by atoms with Gasteiger partial charge in [-0.15, -0.1) is 0 Å². The Balaban J connectivity index is 3.21. The van der Waals surface area contributed by atoms with Crippen LogP contribution in [0, 0.1) is 0 Å². The van der Waals surface area contributed by atoms with Gasteiger partial charge in [0.2, 0.25) is 0 Å². The Labute approximate surface area is 109 Å². The van der Waals surface area contributed by atoms with Crippen LogP contribution in [0.4, 0.5) is 26.3 Å². The van der Waals surface area contributed by atoms with Gasteiger partial charge in [0.05, 0.1) is 11.1 Å². The summed E-state index contributed by atoms with van der Waals surface area (Å²) in [4.78, 5) is 11.0. The monoisotopic (exact) mass is 302 g/mol. The Morgan fingerprint density at radius 3 is 1.80 bits per heavy atom. The summed E-state index contributed by atoms with van der Waals surface area (Å²) in [6.07, 6.45) is -9.99. The number of carbonyl (C=O) groups is 1. The molecule has 0 unspecified atom stereocenters. The van der Waals surface area contributed by atoms with Crippen molar-refractivity contribution in [1.29, 1.82) is 0 Å². The van der Waals surface area contributed by atoms with Gasteiger partial charge in [0.1, 0.15) is 12.4 Å². The van der Waals surface area contributed by atoms with Crippen LogP contribution in [0.3, 0.4) is 0 Å².